The maximum atomic E-state index is 14.0. The van der Waals surface area contributed by atoms with Gasteiger partial charge in [-0.05, 0) is 24.3 Å². The van der Waals surface area contributed by atoms with Crippen LogP contribution in [0.25, 0.3) is 0 Å². The highest BCUT2D eigenvalue weighted by Gasteiger charge is 2.32. The molecule has 8 heteroatoms. The van der Waals surface area contributed by atoms with Crippen LogP contribution in [0.3, 0.4) is 0 Å². The summed E-state index contributed by atoms with van der Waals surface area (Å²) in [5.74, 6) is -1.32. The Morgan fingerprint density at radius 3 is 2.82 bits per heavy atom. The third-order valence-corrected chi connectivity index (χ3v) is 3.79. The molecule has 1 atom stereocenters. The fourth-order valence-electron chi connectivity index (χ4n) is 2.06. The molecule has 1 heterocycles. The number of hydrogen-bond acceptors (Lipinski definition) is 4. The predicted molar refractivity (Wildman–Crippen MR) is 85.1 cm³/mol. The SMILES string of the molecule is COC(=O)C1=C(Nc2ccc(Br)cc2F)[N+](C)([O-])CC(Cl)=C1. The van der Waals surface area contributed by atoms with Crippen molar-refractivity contribution < 1.29 is 18.6 Å². The average Bonchev–Trinajstić information content (AvgIpc) is 2.42. The number of rotatable bonds is 3. The molecular formula is C14H13BrClFN2O3. The molecule has 0 amide bonds. The third-order valence-electron chi connectivity index (χ3n) is 3.07. The minimum atomic E-state index is -0.977. The minimum absolute atomic E-state index is 0.0291. The van der Waals surface area contributed by atoms with Crippen molar-refractivity contribution >= 4 is 39.2 Å². The van der Waals surface area contributed by atoms with Crippen LogP contribution < -0.4 is 5.32 Å². The first-order valence-electron chi connectivity index (χ1n) is 6.22. The lowest BCUT2D eigenvalue weighted by Crippen LogP contribution is -2.44. The molecule has 1 aromatic carbocycles. The van der Waals surface area contributed by atoms with E-state index < -0.39 is 16.4 Å². The summed E-state index contributed by atoms with van der Waals surface area (Å²) in [6.07, 6.45) is 1.35. The molecule has 0 fully saturated rings. The number of nitrogens with zero attached hydrogens (tertiary/aromatic N) is 1. The van der Waals surface area contributed by atoms with Crippen molar-refractivity contribution in [3.63, 3.8) is 0 Å². The van der Waals surface area contributed by atoms with E-state index in [1.807, 2.05) is 0 Å². The van der Waals surface area contributed by atoms with E-state index in [0.29, 0.717) is 4.47 Å². The molecule has 0 saturated heterocycles. The van der Waals surface area contributed by atoms with Gasteiger partial charge in [0.25, 0.3) is 0 Å². The average molecular weight is 392 g/mol. The Morgan fingerprint density at radius 2 is 2.23 bits per heavy atom. The minimum Gasteiger partial charge on any atom is -0.626 e. The number of hydrogen-bond donors (Lipinski definition) is 1. The summed E-state index contributed by atoms with van der Waals surface area (Å²) in [6, 6.07) is 4.33. The number of quaternary nitrogens is 1. The second-order valence-corrected chi connectivity index (χ2v) is 6.25. The van der Waals surface area contributed by atoms with Crippen molar-refractivity contribution in [3.8, 4) is 0 Å². The van der Waals surface area contributed by atoms with Gasteiger partial charge in [0.05, 0.1) is 24.9 Å². The number of halogens is 3. The van der Waals surface area contributed by atoms with Crippen LogP contribution in [0.1, 0.15) is 0 Å². The summed E-state index contributed by atoms with van der Waals surface area (Å²) < 4.78 is 18.2. The van der Waals surface area contributed by atoms with Gasteiger partial charge in [-0.3, -0.25) is 0 Å². The van der Waals surface area contributed by atoms with E-state index in [0.717, 1.165) is 0 Å². The number of carbonyl (C=O) groups is 1. The van der Waals surface area contributed by atoms with Crippen LogP contribution >= 0.6 is 27.5 Å². The lowest BCUT2D eigenvalue weighted by Gasteiger charge is -2.42. The Morgan fingerprint density at radius 1 is 1.55 bits per heavy atom. The number of anilines is 1. The number of ether oxygens (including phenoxy) is 1. The molecule has 5 nitrogen and oxygen atoms in total. The van der Waals surface area contributed by atoms with Gasteiger partial charge in [0.15, 0.2) is 0 Å². The highest BCUT2D eigenvalue weighted by atomic mass is 79.9. The van der Waals surface area contributed by atoms with Crippen molar-refractivity contribution in [1.82, 2.24) is 0 Å². The van der Waals surface area contributed by atoms with Gasteiger partial charge < -0.3 is 19.9 Å². The number of hydroxylamine groups is 3. The van der Waals surface area contributed by atoms with Crippen LogP contribution in [0.5, 0.6) is 0 Å². The van der Waals surface area contributed by atoms with Crippen molar-refractivity contribution in [2.24, 2.45) is 0 Å². The number of benzene rings is 1. The van der Waals surface area contributed by atoms with Gasteiger partial charge >= 0.3 is 5.97 Å². The lowest BCUT2D eigenvalue weighted by molar-refractivity contribution is -0.815. The van der Waals surface area contributed by atoms with E-state index in [-0.39, 0.29) is 28.7 Å². The zero-order valence-corrected chi connectivity index (χ0v) is 14.2. The smallest absolute Gasteiger partial charge is 0.345 e. The third kappa shape index (κ3) is 3.49. The molecule has 0 saturated carbocycles. The van der Waals surface area contributed by atoms with Crippen molar-refractivity contribution in [2.75, 3.05) is 26.0 Å². The molecule has 0 aliphatic carbocycles. The second kappa shape index (κ2) is 6.37. The van der Waals surface area contributed by atoms with Crippen LogP contribution in [0.15, 0.2) is 45.2 Å². The standard InChI is InChI=1S/C14H13BrClFN2O3/c1-19(21)7-9(16)6-10(14(20)22-2)13(19)18-12-4-3-8(15)5-11(12)17/h3-6,18H,7H2,1-2H3. The van der Waals surface area contributed by atoms with Crippen LogP contribution in [0.2, 0.25) is 0 Å². The van der Waals surface area contributed by atoms with Crippen LogP contribution in [-0.4, -0.2) is 31.3 Å². The fraction of sp³-hybridized carbons (Fsp3) is 0.214. The van der Waals surface area contributed by atoms with E-state index in [2.05, 4.69) is 26.0 Å². The molecule has 1 unspecified atom stereocenters. The summed E-state index contributed by atoms with van der Waals surface area (Å²) in [4.78, 5) is 11.9. The zero-order chi connectivity index (χ0) is 16.5. The van der Waals surface area contributed by atoms with Gasteiger partial charge in [0.2, 0.25) is 5.82 Å². The van der Waals surface area contributed by atoms with Crippen molar-refractivity contribution in [1.29, 1.82) is 0 Å². The molecule has 1 aliphatic heterocycles. The highest BCUT2D eigenvalue weighted by Crippen LogP contribution is 2.31. The summed E-state index contributed by atoms with van der Waals surface area (Å²) in [6.45, 7) is -0.0669. The first kappa shape index (κ1) is 17.0. The molecule has 1 aliphatic rings. The first-order valence-corrected chi connectivity index (χ1v) is 7.39. The summed E-state index contributed by atoms with van der Waals surface area (Å²) in [7, 11) is 2.51. The van der Waals surface area contributed by atoms with Crippen LogP contribution in [0, 0.1) is 11.0 Å². The maximum absolute atomic E-state index is 14.0. The van der Waals surface area contributed by atoms with E-state index in [1.54, 1.807) is 6.07 Å². The monoisotopic (exact) mass is 390 g/mol. The number of nitrogens with one attached hydrogen (secondary N) is 1. The summed E-state index contributed by atoms with van der Waals surface area (Å²) in [5.41, 5.74) is 0.0461. The summed E-state index contributed by atoms with van der Waals surface area (Å²) >= 11 is 9.06. The maximum Gasteiger partial charge on any atom is 0.345 e. The lowest BCUT2D eigenvalue weighted by atomic mass is 10.1. The van der Waals surface area contributed by atoms with Gasteiger partial charge in [0, 0.05) is 4.47 Å². The zero-order valence-electron chi connectivity index (χ0n) is 11.8. The van der Waals surface area contributed by atoms with E-state index in [9.17, 15) is 14.4 Å². The molecule has 118 valence electrons. The fourth-order valence-corrected chi connectivity index (χ4v) is 2.73. The molecular weight excluding hydrogens is 379 g/mol. The Hall–Kier alpha value is -1.41. The first-order chi connectivity index (χ1) is 10.2. The summed E-state index contributed by atoms with van der Waals surface area (Å²) in [5, 5.41) is 15.5. The Labute approximate surface area is 140 Å². The molecule has 22 heavy (non-hydrogen) atoms. The van der Waals surface area contributed by atoms with Crippen molar-refractivity contribution in [3.05, 3.63) is 56.2 Å². The van der Waals surface area contributed by atoms with Crippen molar-refractivity contribution in [2.45, 2.75) is 0 Å². The quantitative estimate of drug-likeness (QED) is 0.487. The van der Waals surface area contributed by atoms with Gasteiger partial charge in [-0.15, -0.1) is 0 Å². The largest absolute Gasteiger partial charge is 0.626 e. The normalized spacial score (nSPS) is 21.5. The molecule has 0 radical (unpaired) electrons. The molecule has 1 N–H and O–H groups in total. The Bertz CT molecular complexity index is 689. The molecule has 0 spiro atoms. The van der Waals surface area contributed by atoms with Gasteiger partial charge in [-0.1, -0.05) is 27.5 Å². The van der Waals surface area contributed by atoms with Crippen LogP contribution in [0.4, 0.5) is 10.1 Å². The number of methoxy groups -OCH3 is 1. The van der Waals surface area contributed by atoms with Gasteiger partial charge in [0.1, 0.15) is 17.9 Å². The number of esters is 1. The Balaban J connectivity index is 2.52. The van der Waals surface area contributed by atoms with E-state index in [1.165, 1.54) is 32.4 Å². The van der Waals surface area contributed by atoms with Crippen LogP contribution in [-0.2, 0) is 9.53 Å². The number of likely N-dealkylation sites (N-methyl/N-ethyl adjacent to an activating group) is 1. The van der Waals surface area contributed by atoms with Gasteiger partial charge in [-0.2, -0.15) is 0 Å². The predicted octanol–water partition coefficient (Wildman–Crippen LogP) is 3.47. The second-order valence-electron chi connectivity index (χ2n) is 4.85. The molecule has 2 rings (SSSR count). The molecule has 1 aromatic rings. The highest BCUT2D eigenvalue weighted by molar-refractivity contribution is 9.10. The molecule has 0 bridgehead atoms. The molecule has 0 aromatic heterocycles. The van der Waals surface area contributed by atoms with Gasteiger partial charge in [-0.25, -0.2) is 9.18 Å². The van der Waals surface area contributed by atoms with E-state index in [4.69, 9.17) is 11.6 Å². The Kier molecular flexibility index (Phi) is 4.91. The van der Waals surface area contributed by atoms with E-state index >= 15 is 0 Å². The topological polar surface area (TPSA) is 61.4 Å². The number of carbonyl (C=O) groups excluding carboxylic acids is 1.